The van der Waals surface area contributed by atoms with Crippen LogP contribution in [0.15, 0.2) is 35.9 Å². The molecule has 0 bridgehead atoms. The number of nitrogens with zero attached hydrogens (tertiary/aromatic N) is 1. The molecule has 1 N–H and O–H groups in total. The van der Waals surface area contributed by atoms with Crippen molar-refractivity contribution in [3.05, 3.63) is 41.4 Å². The zero-order valence-electron chi connectivity index (χ0n) is 22.3. The summed E-state index contributed by atoms with van der Waals surface area (Å²) in [5.41, 5.74) is -0.463. The van der Waals surface area contributed by atoms with Crippen LogP contribution in [0.5, 0.6) is 5.75 Å². The average Bonchev–Trinajstić information content (AvgIpc) is 2.68. The number of nitrogens with one attached hydrogen (secondary N) is 1. The van der Waals surface area contributed by atoms with Gasteiger partial charge in [-0.15, -0.1) is 12.6 Å². The third-order valence-corrected chi connectivity index (χ3v) is 10.5. The monoisotopic (exact) mass is 510 g/mol. The molecule has 1 aromatic carbocycles. The molecule has 0 saturated heterocycles. The first-order valence-corrected chi connectivity index (χ1v) is 14.8. The van der Waals surface area contributed by atoms with Crippen LogP contribution in [0, 0.1) is 0 Å². The highest BCUT2D eigenvalue weighted by Gasteiger charge is 2.44. The van der Waals surface area contributed by atoms with E-state index in [1.807, 2.05) is 51.2 Å². The molecule has 192 valence electrons. The second kappa shape index (κ2) is 11.6. The van der Waals surface area contributed by atoms with Crippen molar-refractivity contribution in [2.24, 2.45) is 0 Å². The minimum atomic E-state index is -2.36. The van der Waals surface area contributed by atoms with Gasteiger partial charge < -0.3 is 19.2 Å². The number of benzene rings is 1. The second-order valence-corrected chi connectivity index (χ2v) is 15.9. The highest BCUT2D eigenvalue weighted by molar-refractivity contribution is 7.84. The summed E-state index contributed by atoms with van der Waals surface area (Å²) < 4.78 is 17.6. The molecule has 2 amide bonds. The van der Waals surface area contributed by atoms with Crippen molar-refractivity contribution in [3.63, 3.8) is 0 Å². The molecule has 34 heavy (non-hydrogen) atoms. The Hall–Kier alpha value is -1.97. The van der Waals surface area contributed by atoms with Gasteiger partial charge in [0.15, 0.2) is 0 Å². The maximum Gasteiger partial charge on any atom is 0.323 e. The lowest BCUT2D eigenvalue weighted by Gasteiger charge is -2.39. The fraction of sp³-hybridized carbons (Fsp3) is 0.600. The first-order chi connectivity index (χ1) is 15.4. The van der Waals surface area contributed by atoms with E-state index in [9.17, 15) is 9.59 Å². The molecule has 7 nitrogen and oxygen atoms in total. The summed E-state index contributed by atoms with van der Waals surface area (Å²) in [6.07, 6.45) is -0.614. The highest BCUT2D eigenvalue weighted by atomic mass is 32.1. The number of urea groups is 1. The fourth-order valence-electron chi connectivity index (χ4n) is 2.85. The number of carbonyl (C=O) groups excluding carboxylic acids is 2. The molecule has 0 heterocycles. The number of methoxy groups -OCH3 is 1. The van der Waals surface area contributed by atoms with E-state index in [0.717, 1.165) is 5.56 Å². The summed E-state index contributed by atoms with van der Waals surface area (Å²) in [4.78, 5) is 27.7. The Morgan fingerprint density at radius 3 is 2.18 bits per heavy atom. The number of hydrogen-bond donors (Lipinski definition) is 2. The van der Waals surface area contributed by atoms with E-state index in [4.69, 9.17) is 13.9 Å². The van der Waals surface area contributed by atoms with Gasteiger partial charge in [-0.1, -0.05) is 45.5 Å². The number of ether oxygens (including phenoxy) is 2. The molecule has 1 rings (SSSR count). The standard InChI is InChI=1S/C25H42N2O5SSi/c1-17(2)31-21(19-14-12-13-15-20(19)30-9)16-27(18(3)33)23(29)26-25(7,8)22(28)32-34(10,11)24(4,5)6/h12-15,17,21,33H,3,16H2,1-2,4-11H3,(H,26,29)/t21-/m1/s1. The molecule has 0 spiro atoms. The summed E-state index contributed by atoms with van der Waals surface area (Å²) in [5.74, 6) is 0.174. The molecule has 0 aromatic heterocycles. The van der Waals surface area contributed by atoms with Crippen LogP contribution >= 0.6 is 12.6 Å². The van der Waals surface area contributed by atoms with E-state index in [1.165, 1.54) is 4.90 Å². The van der Waals surface area contributed by atoms with Gasteiger partial charge in [-0.25, -0.2) is 4.79 Å². The largest absolute Gasteiger partial charge is 0.517 e. The van der Waals surface area contributed by atoms with E-state index in [1.54, 1.807) is 21.0 Å². The molecule has 1 aromatic rings. The number of rotatable bonds is 10. The molecule has 9 heteroatoms. The van der Waals surface area contributed by atoms with Crippen LogP contribution in [0.25, 0.3) is 0 Å². The maximum atomic E-state index is 13.3. The van der Waals surface area contributed by atoms with Gasteiger partial charge in [0.25, 0.3) is 8.32 Å². The molecule has 0 saturated carbocycles. The zero-order valence-corrected chi connectivity index (χ0v) is 24.2. The van der Waals surface area contributed by atoms with Crippen molar-refractivity contribution >= 4 is 32.9 Å². The van der Waals surface area contributed by atoms with Gasteiger partial charge in [-0.2, -0.15) is 0 Å². The molecular weight excluding hydrogens is 468 g/mol. The first-order valence-electron chi connectivity index (χ1n) is 11.4. The lowest BCUT2D eigenvalue weighted by molar-refractivity contribution is -0.141. The summed E-state index contributed by atoms with van der Waals surface area (Å²) >= 11 is 4.34. The number of carbonyl (C=O) groups is 2. The number of thiol groups is 1. The third kappa shape index (κ3) is 8.06. The van der Waals surface area contributed by atoms with Crippen LogP contribution in [0.4, 0.5) is 4.79 Å². The van der Waals surface area contributed by atoms with Crippen LogP contribution < -0.4 is 10.1 Å². The molecule has 0 aliphatic carbocycles. The predicted octanol–water partition coefficient (Wildman–Crippen LogP) is 5.90. The van der Waals surface area contributed by atoms with E-state index in [0.29, 0.717) is 5.75 Å². The Bertz CT molecular complexity index is 880. The summed E-state index contributed by atoms with van der Waals surface area (Å²) in [6, 6.07) is 6.96. The first kappa shape index (κ1) is 30.1. The molecule has 0 unspecified atom stereocenters. The number of hydrogen-bond acceptors (Lipinski definition) is 6. The summed E-state index contributed by atoms with van der Waals surface area (Å²) in [6.45, 7) is 21.2. The lowest BCUT2D eigenvalue weighted by Crippen LogP contribution is -2.57. The maximum absolute atomic E-state index is 13.3. The van der Waals surface area contributed by atoms with Crippen LogP contribution in [-0.2, 0) is 14.0 Å². The van der Waals surface area contributed by atoms with Crippen molar-refractivity contribution in [2.75, 3.05) is 13.7 Å². The van der Waals surface area contributed by atoms with E-state index < -0.39 is 32.0 Å². The number of amides is 2. The van der Waals surface area contributed by atoms with Gasteiger partial charge in [-0.3, -0.25) is 9.69 Å². The normalized spacial score (nSPS) is 13.3. The summed E-state index contributed by atoms with van der Waals surface area (Å²) in [5, 5.41) is 2.86. The van der Waals surface area contributed by atoms with Crippen LogP contribution in [0.1, 0.15) is 60.1 Å². The minimum Gasteiger partial charge on any atom is -0.517 e. The molecule has 0 aliphatic heterocycles. The van der Waals surface area contributed by atoms with Crippen LogP contribution in [0.2, 0.25) is 18.1 Å². The molecule has 0 radical (unpaired) electrons. The van der Waals surface area contributed by atoms with Gasteiger partial charge in [0.1, 0.15) is 17.4 Å². The fourth-order valence-corrected chi connectivity index (χ4v) is 4.04. The van der Waals surface area contributed by atoms with Crippen LogP contribution in [0.3, 0.4) is 0 Å². The number of para-hydroxylation sites is 1. The molecule has 0 aliphatic rings. The zero-order chi connectivity index (χ0) is 26.5. The second-order valence-electron chi connectivity index (χ2n) is 10.6. The summed E-state index contributed by atoms with van der Waals surface area (Å²) in [7, 11) is -0.771. The van der Waals surface area contributed by atoms with Crippen molar-refractivity contribution in [1.82, 2.24) is 10.2 Å². The predicted molar refractivity (Wildman–Crippen MR) is 143 cm³/mol. The van der Waals surface area contributed by atoms with Crippen molar-refractivity contribution in [1.29, 1.82) is 0 Å². The minimum absolute atomic E-state index is 0.107. The Kier molecular flexibility index (Phi) is 10.3. The van der Waals surface area contributed by atoms with Gasteiger partial charge in [0, 0.05) is 5.56 Å². The Morgan fingerprint density at radius 2 is 1.71 bits per heavy atom. The van der Waals surface area contributed by atoms with E-state index in [-0.39, 0.29) is 22.7 Å². The van der Waals surface area contributed by atoms with Gasteiger partial charge in [0.2, 0.25) is 0 Å². The third-order valence-electron chi connectivity index (χ3n) is 5.91. The van der Waals surface area contributed by atoms with Crippen LogP contribution in [-0.4, -0.2) is 50.5 Å². The molecule has 0 fully saturated rings. The Labute approximate surface area is 211 Å². The van der Waals surface area contributed by atoms with Crippen molar-refractivity contribution in [3.8, 4) is 5.75 Å². The van der Waals surface area contributed by atoms with Crippen molar-refractivity contribution in [2.45, 2.75) is 84.3 Å². The van der Waals surface area contributed by atoms with E-state index in [2.05, 4.69) is 45.3 Å². The van der Waals surface area contributed by atoms with Gasteiger partial charge in [0.05, 0.1) is 24.8 Å². The van der Waals surface area contributed by atoms with E-state index >= 15 is 0 Å². The molecular formula is C25H42N2O5SSi. The Balaban J connectivity index is 3.15. The average molecular weight is 511 g/mol. The lowest BCUT2D eigenvalue weighted by atomic mass is 10.1. The SMILES string of the molecule is C=C(S)N(C[C@@H](OC(C)C)c1ccccc1OC)C(=O)NC(C)(C)C(=O)O[Si](C)(C)C(C)(C)C. The van der Waals surface area contributed by atoms with Crippen molar-refractivity contribution < 1.29 is 23.5 Å². The topological polar surface area (TPSA) is 77.1 Å². The Morgan fingerprint density at radius 1 is 1.15 bits per heavy atom. The smallest absolute Gasteiger partial charge is 0.323 e. The highest BCUT2D eigenvalue weighted by Crippen LogP contribution is 2.37. The van der Waals surface area contributed by atoms with Gasteiger partial charge >= 0.3 is 12.0 Å². The van der Waals surface area contributed by atoms with Gasteiger partial charge in [-0.05, 0) is 51.9 Å². The molecule has 1 atom stereocenters. The quantitative estimate of drug-likeness (QED) is 0.303.